The fraction of sp³-hybridized carbons (Fsp3) is 0.167. The topological polar surface area (TPSA) is 80.0 Å². The number of aliphatic hydroxyl groups excluding tert-OH is 1. The minimum Gasteiger partial charge on any atom is -0.507 e. The van der Waals surface area contributed by atoms with Crippen LogP contribution in [0.5, 0.6) is 5.75 Å². The number of ether oxygens (including phenoxy) is 1. The number of hydrogen-bond acceptors (Lipinski definition) is 5. The fourth-order valence-corrected chi connectivity index (χ4v) is 4.12. The minimum absolute atomic E-state index is 0.0363. The summed E-state index contributed by atoms with van der Waals surface area (Å²) in [6, 6.07) is 13.2. The molecule has 6 nitrogen and oxygen atoms in total. The van der Waals surface area contributed by atoms with Crippen LogP contribution in [0.1, 0.15) is 28.5 Å². The Hall–Kier alpha value is -3.87. The second kappa shape index (κ2) is 7.43. The van der Waals surface area contributed by atoms with E-state index in [0.29, 0.717) is 24.4 Å². The van der Waals surface area contributed by atoms with Crippen molar-refractivity contribution >= 4 is 17.4 Å². The van der Waals surface area contributed by atoms with Crippen molar-refractivity contribution in [3.63, 3.8) is 0 Å². The van der Waals surface area contributed by atoms with Gasteiger partial charge in [0, 0.05) is 17.5 Å². The Morgan fingerprint density at radius 1 is 1.13 bits per heavy atom. The first-order valence-electron chi connectivity index (χ1n) is 9.86. The first-order chi connectivity index (χ1) is 15.0. The standard InChI is InChI=1S/C24H18FNO5/c25-18-6-2-1-5-17(18)21-20(22(27)15-7-8-19-14(12-15)9-11-31-19)23(28)24(29)26(21)13-16-4-3-10-30-16/h1-8,10,12,21,27H,9,11,13H2/b22-20+. The van der Waals surface area contributed by atoms with Crippen LogP contribution in [0.25, 0.3) is 5.76 Å². The van der Waals surface area contributed by atoms with E-state index in [4.69, 9.17) is 9.15 Å². The number of Topliss-reactive ketones (excluding diaryl/α,β-unsaturated/α-hetero) is 1. The normalized spacial score (nSPS) is 19.5. The van der Waals surface area contributed by atoms with Crippen molar-refractivity contribution in [2.45, 2.75) is 19.0 Å². The van der Waals surface area contributed by atoms with E-state index in [-0.39, 0.29) is 23.4 Å². The zero-order valence-electron chi connectivity index (χ0n) is 16.4. The maximum Gasteiger partial charge on any atom is 0.296 e. The molecule has 3 heterocycles. The van der Waals surface area contributed by atoms with Gasteiger partial charge in [0.2, 0.25) is 0 Å². The summed E-state index contributed by atoms with van der Waals surface area (Å²) in [5, 5.41) is 11.1. The predicted molar refractivity (Wildman–Crippen MR) is 109 cm³/mol. The van der Waals surface area contributed by atoms with E-state index >= 15 is 0 Å². The number of carbonyl (C=O) groups excluding carboxylic acids is 2. The summed E-state index contributed by atoms with van der Waals surface area (Å²) in [5.41, 5.74) is 1.25. The number of benzene rings is 2. The van der Waals surface area contributed by atoms with Gasteiger partial charge in [-0.2, -0.15) is 0 Å². The molecule has 7 heteroatoms. The molecule has 1 amide bonds. The average molecular weight is 419 g/mol. The quantitative estimate of drug-likeness (QED) is 0.393. The number of aliphatic hydroxyl groups is 1. The molecule has 31 heavy (non-hydrogen) atoms. The van der Waals surface area contributed by atoms with E-state index in [1.165, 1.54) is 29.4 Å². The van der Waals surface area contributed by atoms with E-state index in [2.05, 4.69) is 0 Å². The first-order valence-corrected chi connectivity index (χ1v) is 9.86. The van der Waals surface area contributed by atoms with Crippen LogP contribution in [-0.2, 0) is 22.6 Å². The van der Waals surface area contributed by atoms with Crippen LogP contribution in [0, 0.1) is 5.82 Å². The summed E-state index contributed by atoms with van der Waals surface area (Å²) >= 11 is 0. The number of ketones is 1. The minimum atomic E-state index is -1.09. The summed E-state index contributed by atoms with van der Waals surface area (Å²) in [5.74, 6) is -1.45. The van der Waals surface area contributed by atoms with Gasteiger partial charge in [-0.3, -0.25) is 9.59 Å². The zero-order chi connectivity index (χ0) is 21.5. The van der Waals surface area contributed by atoms with Gasteiger partial charge >= 0.3 is 0 Å². The maximum atomic E-state index is 14.8. The van der Waals surface area contributed by atoms with E-state index in [1.54, 1.807) is 36.4 Å². The second-order valence-corrected chi connectivity index (χ2v) is 7.45. The van der Waals surface area contributed by atoms with Crippen LogP contribution < -0.4 is 4.74 Å². The van der Waals surface area contributed by atoms with Gasteiger partial charge in [0.15, 0.2) is 0 Å². The van der Waals surface area contributed by atoms with E-state index in [9.17, 15) is 19.1 Å². The van der Waals surface area contributed by atoms with Crippen LogP contribution in [0.4, 0.5) is 4.39 Å². The molecule has 0 spiro atoms. The molecule has 5 rings (SSSR count). The molecule has 1 saturated heterocycles. The molecule has 0 aliphatic carbocycles. The molecule has 1 aromatic heterocycles. The molecule has 156 valence electrons. The van der Waals surface area contributed by atoms with Gasteiger partial charge in [-0.1, -0.05) is 18.2 Å². The molecule has 3 aromatic rings. The average Bonchev–Trinajstić information content (AvgIpc) is 3.50. The van der Waals surface area contributed by atoms with Crippen molar-refractivity contribution in [3.05, 3.63) is 94.7 Å². The number of nitrogens with zero attached hydrogens (tertiary/aromatic N) is 1. The van der Waals surface area contributed by atoms with Crippen LogP contribution in [-0.4, -0.2) is 28.3 Å². The lowest BCUT2D eigenvalue weighted by Gasteiger charge is -2.24. The molecule has 1 atom stereocenters. The molecule has 0 bridgehead atoms. The smallest absolute Gasteiger partial charge is 0.296 e. The summed E-state index contributed by atoms with van der Waals surface area (Å²) in [4.78, 5) is 27.1. The lowest BCUT2D eigenvalue weighted by atomic mass is 9.94. The highest BCUT2D eigenvalue weighted by Crippen LogP contribution is 2.41. The van der Waals surface area contributed by atoms with Gasteiger partial charge in [-0.25, -0.2) is 4.39 Å². The molecule has 1 N–H and O–H groups in total. The monoisotopic (exact) mass is 419 g/mol. The maximum absolute atomic E-state index is 14.8. The summed E-state index contributed by atoms with van der Waals surface area (Å²) in [6.07, 6.45) is 2.14. The number of hydrogen-bond donors (Lipinski definition) is 1. The Morgan fingerprint density at radius 3 is 2.74 bits per heavy atom. The third-order valence-corrected chi connectivity index (χ3v) is 5.61. The Labute approximate surface area is 177 Å². The Bertz CT molecular complexity index is 1210. The summed E-state index contributed by atoms with van der Waals surface area (Å²) in [7, 11) is 0. The zero-order valence-corrected chi connectivity index (χ0v) is 16.4. The number of likely N-dealkylation sites (tertiary alicyclic amines) is 1. The number of rotatable bonds is 4. The number of halogens is 1. The molecule has 2 aliphatic rings. The van der Waals surface area contributed by atoms with Gasteiger partial charge in [0.1, 0.15) is 23.1 Å². The Kier molecular flexibility index (Phi) is 4.58. The van der Waals surface area contributed by atoms with Gasteiger partial charge < -0.3 is 19.2 Å². The molecule has 0 saturated carbocycles. The largest absolute Gasteiger partial charge is 0.507 e. The summed E-state index contributed by atoms with van der Waals surface area (Å²) < 4.78 is 25.6. The molecule has 0 radical (unpaired) electrons. The van der Waals surface area contributed by atoms with Gasteiger partial charge in [0.25, 0.3) is 11.7 Å². The molecule has 1 unspecified atom stereocenters. The van der Waals surface area contributed by atoms with Crippen LogP contribution in [0.15, 0.2) is 70.9 Å². The van der Waals surface area contributed by atoms with Crippen LogP contribution in [0.3, 0.4) is 0 Å². The van der Waals surface area contributed by atoms with Crippen molar-refractivity contribution in [1.29, 1.82) is 0 Å². The van der Waals surface area contributed by atoms with Gasteiger partial charge in [0.05, 0.1) is 31.0 Å². The van der Waals surface area contributed by atoms with Crippen molar-refractivity contribution in [1.82, 2.24) is 4.90 Å². The fourth-order valence-electron chi connectivity index (χ4n) is 4.12. The number of amides is 1. The molecular weight excluding hydrogens is 401 g/mol. The van der Waals surface area contributed by atoms with Crippen molar-refractivity contribution in [2.24, 2.45) is 0 Å². The highest BCUT2D eigenvalue weighted by Gasteiger charge is 2.47. The lowest BCUT2D eigenvalue weighted by molar-refractivity contribution is -0.140. The molecule has 2 aromatic carbocycles. The molecular formula is C24H18FNO5. The Balaban J connectivity index is 1.66. The van der Waals surface area contributed by atoms with Crippen molar-refractivity contribution in [3.8, 4) is 5.75 Å². The van der Waals surface area contributed by atoms with E-state index in [0.717, 1.165) is 11.3 Å². The lowest BCUT2D eigenvalue weighted by Crippen LogP contribution is -2.29. The Morgan fingerprint density at radius 2 is 1.97 bits per heavy atom. The van der Waals surface area contributed by atoms with Crippen LogP contribution in [0.2, 0.25) is 0 Å². The van der Waals surface area contributed by atoms with Crippen molar-refractivity contribution < 1.29 is 28.2 Å². The van der Waals surface area contributed by atoms with E-state index < -0.39 is 23.5 Å². The highest BCUT2D eigenvalue weighted by molar-refractivity contribution is 6.46. The summed E-state index contributed by atoms with van der Waals surface area (Å²) in [6.45, 7) is 0.508. The van der Waals surface area contributed by atoms with Crippen molar-refractivity contribution in [2.75, 3.05) is 6.61 Å². The first kappa shape index (κ1) is 19.1. The second-order valence-electron chi connectivity index (χ2n) is 7.45. The SMILES string of the molecule is O=C1C(=O)N(Cc2ccco2)C(c2ccccc2F)/C1=C(\O)c1ccc2c(c1)CCO2. The van der Waals surface area contributed by atoms with Gasteiger partial charge in [-0.05, 0) is 42.0 Å². The third kappa shape index (κ3) is 3.18. The van der Waals surface area contributed by atoms with E-state index in [1.807, 2.05) is 0 Å². The number of furan rings is 1. The van der Waals surface area contributed by atoms with Gasteiger partial charge in [-0.15, -0.1) is 0 Å². The highest BCUT2D eigenvalue weighted by atomic mass is 19.1. The molecule has 1 fully saturated rings. The molecule has 2 aliphatic heterocycles. The third-order valence-electron chi connectivity index (χ3n) is 5.61. The predicted octanol–water partition coefficient (Wildman–Crippen LogP) is 3.98. The number of carbonyl (C=O) groups is 2. The van der Waals surface area contributed by atoms with Crippen LogP contribution >= 0.6 is 0 Å². The number of fused-ring (bicyclic) bond motifs is 1.